The van der Waals surface area contributed by atoms with Crippen molar-refractivity contribution in [2.75, 3.05) is 23.3 Å². The summed E-state index contributed by atoms with van der Waals surface area (Å²) in [6.45, 7) is 4.06. The fourth-order valence-corrected chi connectivity index (χ4v) is 3.84. The maximum absolute atomic E-state index is 14.7. The van der Waals surface area contributed by atoms with Crippen molar-refractivity contribution in [3.63, 3.8) is 0 Å². The average molecular weight is 368 g/mol. The second-order valence-corrected chi connectivity index (χ2v) is 7.56. The van der Waals surface area contributed by atoms with E-state index in [-0.39, 0.29) is 11.5 Å². The number of imidazole rings is 1. The van der Waals surface area contributed by atoms with E-state index >= 15 is 0 Å². The zero-order valence-electron chi connectivity index (χ0n) is 16.0. The van der Waals surface area contributed by atoms with Gasteiger partial charge >= 0.3 is 5.69 Å². The zero-order chi connectivity index (χ0) is 19.1. The van der Waals surface area contributed by atoms with Crippen molar-refractivity contribution in [2.45, 2.75) is 19.8 Å². The van der Waals surface area contributed by atoms with Crippen molar-refractivity contribution >= 4 is 28.1 Å². The summed E-state index contributed by atoms with van der Waals surface area (Å²) in [7, 11) is 3.51. The maximum atomic E-state index is 14.7. The molecule has 1 aliphatic rings. The van der Waals surface area contributed by atoms with Crippen LogP contribution in [0.2, 0.25) is 0 Å². The van der Waals surface area contributed by atoms with Crippen molar-refractivity contribution in [3.8, 4) is 0 Å². The van der Waals surface area contributed by atoms with E-state index in [0.29, 0.717) is 17.3 Å². The van der Waals surface area contributed by atoms with Crippen molar-refractivity contribution in [1.82, 2.24) is 9.13 Å². The van der Waals surface area contributed by atoms with Gasteiger partial charge in [0.05, 0.1) is 16.7 Å². The Morgan fingerprint density at radius 3 is 2.30 bits per heavy atom. The highest BCUT2D eigenvalue weighted by atomic mass is 19.1. The first-order valence-corrected chi connectivity index (χ1v) is 9.41. The van der Waals surface area contributed by atoms with Gasteiger partial charge in [-0.1, -0.05) is 6.92 Å². The van der Waals surface area contributed by atoms with Gasteiger partial charge in [-0.2, -0.15) is 0 Å². The van der Waals surface area contributed by atoms with Gasteiger partial charge in [0.2, 0.25) is 0 Å². The number of halogens is 1. The predicted molar refractivity (Wildman–Crippen MR) is 108 cm³/mol. The van der Waals surface area contributed by atoms with Gasteiger partial charge in [-0.25, -0.2) is 9.18 Å². The van der Waals surface area contributed by atoms with Crippen LogP contribution < -0.4 is 15.9 Å². The van der Waals surface area contributed by atoms with Gasteiger partial charge in [-0.15, -0.1) is 0 Å². The molecular weight excluding hydrogens is 343 g/mol. The van der Waals surface area contributed by atoms with E-state index in [1.54, 1.807) is 29.3 Å². The molecule has 0 atom stereocenters. The molecule has 2 aromatic carbocycles. The largest absolute Gasteiger partial charge is 0.369 e. The molecule has 3 aromatic rings. The van der Waals surface area contributed by atoms with E-state index in [1.807, 2.05) is 30.3 Å². The summed E-state index contributed by atoms with van der Waals surface area (Å²) in [5.74, 6) is 0.511. The molecule has 0 radical (unpaired) electrons. The molecule has 0 spiro atoms. The number of fused-ring (bicyclic) bond motifs is 1. The first-order valence-electron chi connectivity index (χ1n) is 9.41. The number of benzene rings is 2. The first kappa shape index (κ1) is 17.6. The van der Waals surface area contributed by atoms with E-state index in [4.69, 9.17) is 0 Å². The molecule has 6 heteroatoms. The first-order chi connectivity index (χ1) is 12.9. The molecular formula is C21H25FN4O. The quantitative estimate of drug-likeness (QED) is 0.760. The van der Waals surface area contributed by atoms with Gasteiger partial charge in [0.1, 0.15) is 5.82 Å². The summed E-state index contributed by atoms with van der Waals surface area (Å²) < 4.78 is 17.9. The molecule has 0 unspecified atom stereocenters. The summed E-state index contributed by atoms with van der Waals surface area (Å²) in [6, 6.07) is 11.0. The smallest absolute Gasteiger partial charge is 0.328 e. The highest BCUT2D eigenvalue weighted by Crippen LogP contribution is 2.29. The van der Waals surface area contributed by atoms with Gasteiger partial charge in [0.15, 0.2) is 0 Å². The van der Waals surface area contributed by atoms with Crippen LogP contribution in [0, 0.1) is 11.7 Å². The topological polar surface area (TPSA) is 42.2 Å². The van der Waals surface area contributed by atoms with E-state index in [0.717, 1.165) is 42.7 Å². The van der Waals surface area contributed by atoms with Crippen LogP contribution in [-0.2, 0) is 14.1 Å². The summed E-state index contributed by atoms with van der Waals surface area (Å²) in [4.78, 5) is 14.2. The van der Waals surface area contributed by atoms with Crippen LogP contribution in [0.3, 0.4) is 0 Å². The molecule has 0 saturated carbocycles. The lowest BCUT2D eigenvalue weighted by atomic mass is 9.99. The predicted octanol–water partition coefficient (Wildman–Crippen LogP) is 4.00. The van der Waals surface area contributed by atoms with Crippen LogP contribution in [0.1, 0.15) is 19.8 Å². The molecule has 2 heterocycles. The summed E-state index contributed by atoms with van der Waals surface area (Å²) >= 11 is 0. The van der Waals surface area contributed by atoms with Crippen LogP contribution in [-0.4, -0.2) is 22.2 Å². The molecule has 27 heavy (non-hydrogen) atoms. The number of rotatable bonds is 3. The molecule has 1 aromatic heterocycles. The lowest BCUT2D eigenvalue weighted by Crippen LogP contribution is -2.33. The molecule has 1 N–H and O–H groups in total. The monoisotopic (exact) mass is 368 g/mol. The highest BCUT2D eigenvalue weighted by molar-refractivity contribution is 5.81. The fraction of sp³-hybridized carbons (Fsp3) is 0.381. The molecule has 1 saturated heterocycles. The van der Waals surface area contributed by atoms with Crippen LogP contribution in [0.4, 0.5) is 21.5 Å². The minimum absolute atomic E-state index is 0.0617. The maximum Gasteiger partial charge on any atom is 0.328 e. The Bertz CT molecular complexity index is 1040. The molecule has 4 rings (SSSR count). The highest BCUT2D eigenvalue weighted by Gasteiger charge is 2.18. The third-order valence-electron chi connectivity index (χ3n) is 5.63. The molecule has 142 valence electrons. The van der Waals surface area contributed by atoms with Gasteiger partial charge in [0, 0.05) is 38.6 Å². The van der Waals surface area contributed by atoms with E-state index < -0.39 is 0 Å². The lowest BCUT2D eigenvalue weighted by Gasteiger charge is -2.32. The summed E-state index contributed by atoms with van der Waals surface area (Å²) in [5, 5.41) is 3.25. The number of anilines is 3. The Balaban J connectivity index is 1.58. The average Bonchev–Trinajstić information content (AvgIpc) is 2.87. The number of aromatic nitrogens is 2. The minimum atomic E-state index is -0.206. The van der Waals surface area contributed by atoms with Crippen LogP contribution in [0.15, 0.2) is 41.2 Å². The molecule has 0 aliphatic carbocycles. The number of hydrogen-bond donors (Lipinski definition) is 1. The third kappa shape index (κ3) is 3.20. The Morgan fingerprint density at radius 1 is 0.963 bits per heavy atom. The minimum Gasteiger partial charge on any atom is -0.369 e. The Labute approximate surface area is 158 Å². The number of piperidine rings is 1. The Hall–Kier alpha value is -2.76. The van der Waals surface area contributed by atoms with Gasteiger partial charge in [-0.05, 0) is 55.2 Å². The second-order valence-electron chi connectivity index (χ2n) is 7.56. The third-order valence-corrected chi connectivity index (χ3v) is 5.63. The lowest BCUT2D eigenvalue weighted by molar-refractivity contribution is 0.434. The molecule has 0 amide bonds. The number of hydrogen-bond acceptors (Lipinski definition) is 3. The van der Waals surface area contributed by atoms with E-state index in [9.17, 15) is 9.18 Å². The molecule has 1 fully saturated rings. The van der Waals surface area contributed by atoms with Crippen molar-refractivity contribution in [1.29, 1.82) is 0 Å². The number of aryl methyl sites for hydroxylation is 2. The number of nitrogens with one attached hydrogen (secondary N) is 1. The number of nitrogens with zero attached hydrogens (tertiary/aromatic N) is 3. The summed E-state index contributed by atoms with van der Waals surface area (Å²) in [6.07, 6.45) is 2.21. The second kappa shape index (κ2) is 6.76. The summed E-state index contributed by atoms with van der Waals surface area (Å²) in [5.41, 5.74) is 3.84. The standard InChI is InChI=1S/C21H25FN4O/c1-14-8-10-26(11-9-14)18-6-4-15(12-17(18)22)23-16-5-7-19-20(13-16)25(3)21(27)24(19)2/h4-7,12-14,23H,8-11H2,1-3H3. The Kier molecular flexibility index (Phi) is 4.42. The van der Waals surface area contributed by atoms with Crippen molar-refractivity contribution in [3.05, 3.63) is 52.7 Å². The van der Waals surface area contributed by atoms with Crippen LogP contribution in [0.25, 0.3) is 11.0 Å². The van der Waals surface area contributed by atoms with Crippen molar-refractivity contribution in [2.24, 2.45) is 20.0 Å². The van der Waals surface area contributed by atoms with Crippen LogP contribution in [0.5, 0.6) is 0 Å². The molecule has 1 aliphatic heterocycles. The normalized spacial score (nSPS) is 15.5. The molecule has 5 nitrogen and oxygen atoms in total. The fourth-order valence-electron chi connectivity index (χ4n) is 3.84. The van der Waals surface area contributed by atoms with Gasteiger partial charge in [0.25, 0.3) is 0 Å². The van der Waals surface area contributed by atoms with Gasteiger partial charge < -0.3 is 10.2 Å². The van der Waals surface area contributed by atoms with Gasteiger partial charge in [-0.3, -0.25) is 9.13 Å². The zero-order valence-corrected chi connectivity index (χ0v) is 16.0. The molecule has 0 bridgehead atoms. The van der Waals surface area contributed by atoms with Crippen molar-refractivity contribution < 1.29 is 4.39 Å². The van der Waals surface area contributed by atoms with E-state index in [2.05, 4.69) is 17.1 Å². The SMILES string of the molecule is CC1CCN(c2ccc(Nc3ccc4c(c3)n(C)c(=O)n4C)cc2F)CC1. The van der Waals surface area contributed by atoms with Crippen LogP contribution >= 0.6 is 0 Å². The van der Waals surface area contributed by atoms with E-state index in [1.165, 1.54) is 0 Å². The Morgan fingerprint density at radius 2 is 1.59 bits per heavy atom.